The van der Waals surface area contributed by atoms with Crippen LogP contribution in [0.3, 0.4) is 0 Å². The monoisotopic (exact) mass is 220 g/mol. The largest absolute Gasteiger partial charge is 0.296 e. The molecule has 0 saturated carbocycles. The van der Waals surface area contributed by atoms with E-state index in [0.29, 0.717) is 11.8 Å². The second kappa shape index (κ2) is 4.37. The molecule has 0 aliphatic carbocycles. The van der Waals surface area contributed by atoms with E-state index in [1.807, 2.05) is 0 Å². The predicted molar refractivity (Wildman–Crippen MR) is 65.9 cm³/mol. The highest BCUT2D eigenvalue weighted by atomic mass is 15.2. The molecule has 2 saturated heterocycles. The molecule has 0 spiro atoms. The van der Waals surface area contributed by atoms with Gasteiger partial charge in [0, 0.05) is 25.0 Å². The summed E-state index contributed by atoms with van der Waals surface area (Å²) in [7, 11) is 0. The number of fused-ring (bicyclic) bond motifs is 2. The second-order valence-electron chi connectivity index (χ2n) is 6.57. The smallest absolute Gasteiger partial charge is 0.0635 e. The summed E-state index contributed by atoms with van der Waals surface area (Å²) < 4.78 is 0. The minimum Gasteiger partial charge on any atom is -0.296 e. The van der Waals surface area contributed by atoms with Crippen molar-refractivity contribution in [3.63, 3.8) is 0 Å². The van der Waals surface area contributed by atoms with E-state index in [-0.39, 0.29) is 0 Å². The van der Waals surface area contributed by atoms with Gasteiger partial charge in [0.05, 0.1) is 6.07 Å². The minimum atomic E-state index is 0.460. The second-order valence-corrected chi connectivity index (χ2v) is 6.57. The van der Waals surface area contributed by atoms with Gasteiger partial charge in [0.25, 0.3) is 0 Å². The fourth-order valence-electron chi connectivity index (χ4n) is 3.53. The Bertz CT molecular complexity index is 270. The summed E-state index contributed by atoms with van der Waals surface area (Å²) in [4.78, 5) is 2.62. The molecule has 0 N–H and O–H groups in total. The van der Waals surface area contributed by atoms with Crippen LogP contribution in [0.2, 0.25) is 0 Å². The quantitative estimate of drug-likeness (QED) is 0.714. The fourth-order valence-corrected chi connectivity index (χ4v) is 3.53. The lowest BCUT2D eigenvalue weighted by Crippen LogP contribution is -2.45. The molecule has 2 heterocycles. The number of rotatable bonds is 2. The highest BCUT2D eigenvalue weighted by molar-refractivity contribution is 4.98. The summed E-state index contributed by atoms with van der Waals surface area (Å²) in [5.41, 5.74) is 0.460. The van der Waals surface area contributed by atoms with Crippen LogP contribution in [0.15, 0.2) is 0 Å². The lowest BCUT2D eigenvalue weighted by Gasteiger charge is -2.43. The minimum absolute atomic E-state index is 0.460. The molecule has 0 aromatic carbocycles. The van der Waals surface area contributed by atoms with Gasteiger partial charge < -0.3 is 0 Å². The maximum atomic E-state index is 8.69. The van der Waals surface area contributed by atoms with Gasteiger partial charge >= 0.3 is 0 Å². The van der Waals surface area contributed by atoms with Gasteiger partial charge in [0.1, 0.15) is 0 Å². The topological polar surface area (TPSA) is 27.0 Å². The molecular formula is C14H24N2. The molecule has 90 valence electrons. The first-order valence-corrected chi connectivity index (χ1v) is 6.65. The van der Waals surface area contributed by atoms with Gasteiger partial charge in [-0.25, -0.2) is 0 Å². The first kappa shape index (κ1) is 11.9. The third-order valence-electron chi connectivity index (χ3n) is 4.59. The van der Waals surface area contributed by atoms with Crippen LogP contribution >= 0.6 is 0 Å². The molecule has 0 amide bonds. The number of hydrogen-bond donors (Lipinski definition) is 0. The van der Waals surface area contributed by atoms with Crippen LogP contribution < -0.4 is 0 Å². The average molecular weight is 220 g/mol. The van der Waals surface area contributed by atoms with Gasteiger partial charge in [-0.1, -0.05) is 20.8 Å². The molecule has 2 bridgehead atoms. The molecule has 2 fully saturated rings. The molecule has 0 unspecified atom stereocenters. The zero-order valence-corrected chi connectivity index (χ0v) is 10.9. The van der Waals surface area contributed by atoms with Crippen molar-refractivity contribution in [2.45, 2.75) is 65.0 Å². The third-order valence-corrected chi connectivity index (χ3v) is 4.59. The Kier molecular flexibility index (Phi) is 3.26. The van der Waals surface area contributed by atoms with Crippen molar-refractivity contribution in [1.82, 2.24) is 4.90 Å². The number of nitrogens with zero attached hydrogens (tertiary/aromatic N) is 2. The Labute approximate surface area is 99.6 Å². The van der Waals surface area contributed by atoms with E-state index in [4.69, 9.17) is 5.26 Å². The summed E-state index contributed by atoms with van der Waals surface area (Å²) in [6.07, 6.45) is 6.13. The fraction of sp³-hybridized carbons (Fsp3) is 0.929. The van der Waals surface area contributed by atoms with E-state index in [1.165, 1.54) is 25.7 Å². The molecule has 0 radical (unpaired) electrons. The van der Waals surface area contributed by atoms with E-state index in [1.54, 1.807) is 0 Å². The van der Waals surface area contributed by atoms with Crippen LogP contribution in [0.25, 0.3) is 0 Å². The van der Waals surface area contributed by atoms with Crippen molar-refractivity contribution >= 4 is 0 Å². The number of nitriles is 1. The summed E-state index contributed by atoms with van der Waals surface area (Å²) in [6, 6.07) is 3.83. The normalized spacial score (nSPS) is 35.0. The van der Waals surface area contributed by atoms with Crippen LogP contribution in [-0.2, 0) is 0 Å². The number of hydrogen-bond acceptors (Lipinski definition) is 2. The highest BCUT2D eigenvalue weighted by Crippen LogP contribution is 2.45. The summed E-state index contributed by atoms with van der Waals surface area (Å²) in [5.74, 6) is 0.878. The maximum Gasteiger partial charge on any atom is 0.0635 e. The van der Waals surface area contributed by atoms with Gasteiger partial charge in [-0.2, -0.15) is 5.26 Å². The predicted octanol–water partition coefficient (Wildman–Crippen LogP) is 3.19. The first-order valence-electron chi connectivity index (χ1n) is 6.65. The van der Waals surface area contributed by atoms with Crippen LogP contribution in [0.4, 0.5) is 0 Å². The Morgan fingerprint density at radius 2 is 1.75 bits per heavy atom. The van der Waals surface area contributed by atoms with E-state index < -0.39 is 0 Å². The zero-order valence-electron chi connectivity index (χ0n) is 10.9. The lowest BCUT2D eigenvalue weighted by atomic mass is 9.73. The molecule has 0 aromatic rings. The lowest BCUT2D eigenvalue weighted by molar-refractivity contribution is 0.0564. The SMILES string of the molecule is CC(C)(C)[C@@H]1C[C@H]2CC[C@@H](C1)N2CCC#N. The van der Waals surface area contributed by atoms with E-state index in [9.17, 15) is 0 Å². The molecule has 2 rings (SSSR count). The van der Waals surface area contributed by atoms with Crippen LogP contribution in [0.5, 0.6) is 0 Å². The summed E-state index contributed by atoms with van der Waals surface area (Å²) >= 11 is 0. The molecule has 16 heavy (non-hydrogen) atoms. The molecule has 2 heteroatoms. The summed E-state index contributed by atoms with van der Waals surface area (Å²) in [6.45, 7) is 8.13. The Morgan fingerprint density at radius 3 is 2.19 bits per heavy atom. The van der Waals surface area contributed by atoms with Crippen LogP contribution in [0.1, 0.15) is 52.9 Å². The molecule has 2 aliphatic rings. The first-order chi connectivity index (χ1) is 7.52. The standard InChI is InChI=1S/C14H24N2/c1-14(2,3)11-9-12-5-6-13(10-11)16(12)8-4-7-15/h11-13H,4-6,8-10H2,1-3H3/t11-,12-,13+. The van der Waals surface area contributed by atoms with Crippen molar-refractivity contribution in [2.24, 2.45) is 11.3 Å². The Balaban J connectivity index is 1.99. The number of piperidine rings is 1. The van der Waals surface area contributed by atoms with Crippen molar-refractivity contribution in [1.29, 1.82) is 5.26 Å². The van der Waals surface area contributed by atoms with Crippen molar-refractivity contribution in [3.05, 3.63) is 0 Å². The molecule has 2 aliphatic heterocycles. The van der Waals surface area contributed by atoms with Crippen molar-refractivity contribution in [2.75, 3.05) is 6.54 Å². The van der Waals surface area contributed by atoms with E-state index in [2.05, 4.69) is 31.7 Å². The van der Waals surface area contributed by atoms with E-state index >= 15 is 0 Å². The highest BCUT2D eigenvalue weighted by Gasteiger charge is 2.43. The van der Waals surface area contributed by atoms with Gasteiger partial charge in [-0.15, -0.1) is 0 Å². The van der Waals surface area contributed by atoms with Gasteiger partial charge in [-0.05, 0) is 37.0 Å². The molecular weight excluding hydrogens is 196 g/mol. The average Bonchev–Trinajstić information content (AvgIpc) is 2.46. The Morgan fingerprint density at radius 1 is 1.19 bits per heavy atom. The van der Waals surface area contributed by atoms with Crippen molar-refractivity contribution in [3.8, 4) is 6.07 Å². The molecule has 0 aromatic heterocycles. The molecule has 3 atom stereocenters. The summed E-state index contributed by atoms with van der Waals surface area (Å²) in [5, 5.41) is 8.69. The maximum absolute atomic E-state index is 8.69. The zero-order chi connectivity index (χ0) is 11.8. The Hall–Kier alpha value is -0.550. The van der Waals surface area contributed by atoms with Crippen LogP contribution in [0, 0.1) is 22.7 Å². The molecule has 2 nitrogen and oxygen atoms in total. The van der Waals surface area contributed by atoms with E-state index in [0.717, 1.165) is 24.5 Å². The van der Waals surface area contributed by atoms with Gasteiger partial charge in [0.2, 0.25) is 0 Å². The third kappa shape index (κ3) is 2.25. The van der Waals surface area contributed by atoms with Gasteiger partial charge in [0.15, 0.2) is 0 Å². The van der Waals surface area contributed by atoms with Crippen molar-refractivity contribution < 1.29 is 0 Å². The van der Waals surface area contributed by atoms with Crippen LogP contribution in [-0.4, -0.2) is 23.5 Å². The van der Waals surface area contributed by atoms with Gasteiger partial charge in [-0.3, -0.25) is 4.90 Å².